The highest BCUT2D eigenvalue weighted by atomic mass is 32.2. The molecule has 1 amide bonds. The molecule has 3 N–H and O–H groups in total. The van der Waals surface area contributed by atoms with Gasteiger partial charge < -0.3 is 19.9 Å². The highest BCUT2D eigenvalue weighted by Crippen LogP contribution is 2.35. The van der Waals surface area contributed by atoms with E-state index < -0.39 is 27.8 Å². The number of aliphatic hydroxyl groups is 1. The number of aromatic nitrogens is 1. The van der Waals surface area contributed by atoms with Crippen molar-refractivity contribution >= 4 is 38.6 Å². The summed E-state index contributed by atoms with van der Waals surface area (Å²) >= 11 is 0. The Balaban J connectivity index is 1.09. The van der Waals surface area contributed by atoms with Crippen LogP contribution in [0.3, 0.4) is 0 Å². The average molecular weight is 587 g/mol. The van der Waals surface area contributed by atoms with Gasteiger partial charge >= 0.3 is 0 Å². The van der Waals surface area contributed by atoms with E-state index in [-0.39, 0.29) is 11.8 Å². The van der Waals surface area contributed by atoms with Gasteiger partial charge in [0.1, 0.15) is 11.6 Å². The molecule has 0 saturated carbocycles. The summed E-state index contributed by atoms with van der Waals surface area (Å²) in [6.07, 6.45) is 8.72. The van der Waals surface area contributed by atoms with E-state index in [0.717, 1.165) is 49.2 Å². The lowest BCUT2D eigenvalue weighted by molar-refractivity contribution is -0.128. The fraction of sp³-hybridized carbons (Fsp3) is 0.433. The van der Waals surface area contributed by atoms with E-state index in [1.165, 1.54) is 29.8 Å². The minimum atomic E-state index is -3.35. The first-order chi connectivity index (χ1) is 19.5. The molecular weight excluding hydrogens is 550 g/mol. The van der Waals surface area contributed by atoms with Crippen LogP contribution in [0.25, 0.3) is 17.0 Å². The molecule has 5 rings (SSSR count). The maximum Gasteiger partial charge on any atom is 0.246 e. The largest absolute Gasteiger partial charge is 0.392 e. The van der Waals surface area contributed by atoms with Crippen LogP contribution >= 0.6 is 0 Å². The number of benzene rings is 2. The summed E-state index contributed by atoms with van der Waals surface area (Å²) in [7, 11) is -3.35. The second-order valence-electron chi connectivity index (χ2n) is 11.2. The number of sulfonamides is 1. The van der Waals surface area contributed by atoms with Crippen LogP contribution in [0.15, 0.2) is 48.7 Å². The van der Waals surface area contributed by atoms with E-state index in [4.69, 9.17) is 0 Å². The molecule has 1 aromatic heterocycles. The zero-order chi connectivity index (χ0) is 29.1. The quantitative estimate of drug-likeness (QED) is 0.341. The number of carbonyl (C=O) groups excluding carboxylic acids is 1. The van der Waals surface area contributed by atoms with Gasteiger partial charge in [-0.2, -0.15) is 0 Å². The van der Waals surface area contributed by atoms with Gasteiger partial charge in [0.05, 0.1) is 12.4 Å². The molecule has 0 aliphatic carbocycles. The molecular formula is C30H36F2N4O4S. The Hall–Kier alpha value is -3.28. The van der Waals surface area contributed by atoms with E-state index in [1.807, 2.05) is 18.3 Å². The molecule has 0 radical (unpaired) electrons. The SMILES string of the molecule is CS(=O)(=O)Nc1ccc2[nH]cc(C3CCN(CC(O)C4CCN(C(=O)C=Cc5cc(F)cc(F)c5)CC4)CC3)c2c1. The number of β-amino-alcohol motifs (C(OH)–C–C–N with tert-alkyl or cyclic N) is 1. The van der Waals surface area contributed by atoms with Crippen molar-refractivity contribution in [2.75, 3.05) is 43.7 Å². The summed E-state index contributed by atoms with van der Waals surface area (Å²) in [5, 5.41) is 12.0. The van der Waals surface area contributed by atoms with E-state index >= 15 is 0 Å². The lowest BCUT2D eigenvalue weighted by atomic mass is 9.87. The number of piperidine rings is 2. The Labute approximate surface area is 239 Å². The van der Waals surface area contributed by atoms with Crippen molar-refractivity contribution in [1.29, 1.82) is 0 Å². The van der Waals surface area contributed by atoms with Crippen molar-refractivity contribution in [3.05, 3.63) is 71.4 Å². The fourth-order valence-electron chi connectivity index (χ4n) is 6.05. The van der Waals surface area contributed by atoms with Crippen LogP contribution in [-0.2, 0) is 14.8 Å². The van der Waals surface area contributed by atoms with Crippen molar-refractivity contribution in [3.63, 3.8) is 0 Å². The first-order valence-corrected chi connectivity index (χ1v) is 15.9. The van der Waals surface area contributed by atoms with E-state index in [0.29, 0.717) is 49.6 Å². The lowest BCUT2D eigenvalue weighted by Crippen LogP contribution is -2.45. The van der Waals surface area contributed by atoms with Gasteiger partial charge in [0, 0.05) is 54.6 Å². The van der Waals surface area contributed by atoms with Crippen LogP contribution in [0.2, 0.25) is 0 Å². The number of H-pyrrole nitrogens is 1. The van der Waals surface area contributed by atoms with Crippen LogP contribution < -0.4 is 4.72 Å². The van der Waals surface area contributed by atoms with E-state index in [9.17, 15) is 27.1 Å². The third kappa shape index (κ3) is 7.52. The average Bonchev–Trinajstić information content (AvgIpc) is 3.34. The highest BCUT2D eigenvalue weighted by Gasteiger charge is 2.30. The standard InChI is InChI=1S/C30H36F2N4O4S/c1-41(39,40)34-25-3-4-28-26(17-25)27(18-33-28)21-6-10-35(11-7-21)19-29(37)22-8-12-36(13-9-22)30(38)5-2-20-14-23(31)16-24(32)15-20/h2-5,14-18,21-22,29,33-34,37H,6-13,19H2,1H3. The van der Waals surface area contributed by atoms with Gasteiger partial charge in [0.25, 0.3) is 0 Å². The summed E-state index contributed by atoms with van der Waals surface area (Å²) in [6.45, 7) is 3.37. The third-order valence-corrected chi connectivity index (χ3v) is 8.79. The molecule has 220 valence electrons. The third-order valence-electron chi connectivity index (χ3n) is 8.19. The van der Waals surface area contributed by atoms with Gasteiger partial charge in [-0.15, -0.1) is 0 Å². The number of hydrogen-bond acceptors (Lipinski definition) is 5. The number of nitrogens with one attached hydrogen (secondary N) is 2. The molecule has 2 aromatic carbocycles. The lowest BCUT2D eigenvalue weighted by Gasteiger charge is -2.37. The first kappa shape index (κ1) is 29.2. The second-order valence-corrected chi connectivity index (χ2v) is 13.0. The number of likely N-dealkylation sites (tertiary alicyclic amines) is 2. The molecule has 1 atom stereocenters. The molecule has 0 spiro atoms. The molecule has 2 fully saturated rings. The van der Waals surface area contributed by atoms with Crippen LogP contribution in [0.1, 0.15) is 42.7 Å². The fourth-order valence-corrected chi connectivity index (χ4v) is 6.60. The minimum absolute atomic E-state index is 0.104. The smallest absolute Gasteiger partial charge is 0.246 e. The van der Waals surface area contributed by atoms with E-state index in [1.54, 1.807) is 11.0 Å². The number of anilines is 1. The Morgan fingerprint density at radius 1 is 1.07 bits per heavy atom. The van der Waals surface area contributed by atoms with Crippen molar-refractivity contribution < 1.29 is 27.1 Å². The van der Waals surface area contributed by atoms with Crippen LogP contribution in [-0.4, -0.2) is 79.3 Å². The molecule has 11 heteroatoms. The first-order valence-electron chi connectivity index (χ1n) is 14.0. The molecule has 3 aromatic rings. The zero-order valence-corrected chi connectivity index (χ0v) is 23.8. The summed E-state index contributed by atoms with van der Waals surface area (Å²) in [5.41, 5.74) is 3.00. The Morgan fingerprint density at radius 2 is 1.76 bits per heavy atom. The van der Waals surface area contributed by atoms with Crippen molar-refractivity contribution in [2.45, 2.75) is 37.7 Å². The van der Waals surface area contributed by atoms with Gasteiger partial charge in [-0.3, -0.25) is 9.52 Å². The zero-order valence-electron chi connectivity index (χ0n) is 23.0. The normalized spacial score (nSPS) is 18.8. The number of amides is 1. The summed E-state index contributed by atoms with van der Waals surface area (Å²) in [6, 6.07) is 8.66. The van der Waals surface area contributed by atoms with Crippen molar-refractivity contribution in [1.82, 2.24) is 14.8 Å². The van der Waals surface area contributed by atoms with Crippen LogP contribution in [0, 0.1) is 17.6 Å². The summed E-state index contributed by atoms with van der Waals surface area (Å²) in [4.78, 5) is 19.9. The predicted octanol–water partition coefficient (Wildman–Crippen LogP) is 4.31. The second kappa shape index (κ2) is 12.3. The number of nitrogens with zero attached hydrogens (tertiary/aromatic N) is 2. The Kier molecular flexibility index (Phi) is 8.77. The van der Waals surface area contributed by atoms with Gasteiger partial charge in [0.15, 0.2) is 0 Å². The van der Waals surface area contributed by atoms with Crippen molar-refractivity contribution in [3.8, 4) is 0 Å². The molecule has 1 unspecified atom stereocenters. The highest BCUT2D eigenvalue weighted by molar-refractivity contribution is 7.92. The van der Waals surface area contributed by atoms with Crippen molar-refractivity contribution in [2.24, 2.45) is 5.92 Å². The number of fused-ring (bicyclic) bond motifs is 1. The van der Waals surface area contributed by atoms with Gasteiger partial charge in [-0.1, -0.05) is 0 Å². The molecule has 8 nitrogen and oxygen atoms in total. The number of carbonyl (C=O) groups is 1. The Morgan fingerprint density at radius 3 is 2.41 bits per heavy atom. The predicted molar refractivity (Wildman–Crippen MR) is 156 cm³/mol. The van der Waals surface area contributed by atoms with Gasteiger partial charge in [-0.25, -0.2) is 17.2 Å². The maximum atomic E-state index is 13.4. The number of aromatic amines is 1. The minimum Gasteiger partial charge on any atom is -0.392 e. The summed E-state index contributed by atoms with van der Waals surface area (Å²) in [5.74, 6) is -1.13. The number of aliphatic hydroxyl groups excluding tert-OH is 1. The molecule has 2 aliphatic heterocycles. The number of rotatable bonds is 8. The summed E-state index contributed by atoms with van der Waals surface area (Å²) < 4.78 is 52.6. The van der Waals surface area contributed by atoms with E-state index in [2.05, 4.69) is 14.6 Å². The molecule has 2 aliphatic rings. The number of hydrogen-bond donors (Lipinski definition) is 3. The monoisotopic (exact) mass is 586 g/mol. The van der Waals surface area contributed by atoms with Gasteiger partial charge in [0.2, 0.25) is 15.9 Å². The molecule has 41 heavy (non-hydrogen) atoms. The van der Waals surface area contributed by atoms with Crippen LogP contribution in [0.4, 0.5) is 14.5 Å². The molecule has 0 bridgehead atoms. The topological polar surface area (TPSA) is 106 Å². The molecule has 3 heterocycles. The maximum absolute atomic E-state index is 13.4. The van der Waals surface area contributed by atoms with Crippen LogP contribution in [0.5, 0.6) is 0 Å². The Bertz CT molecular complexity index is 1500. The molecule has 2 saturated heterocycles. The number of halogens is 2. The van der Waals surface area contributed by atoms with Gasteiger partial charge in [-0.05, 0) is 98.1 Å².